The summed E-state index contributed by atoms with van der Waals surface area (Å²) in [6, 6.07) is 13.1. The minimum atomic E-state index is -0.0718. The van der Waals surface area contributed by atoms with Gasteiger partial charge in [0.1, 0.15) is 17.3 Å². The molecule has 31 heavy (non-hydrogen) atoms. The van der Waals surface area contributed by atoms with E-state index in [-0.39, 0.29) is 5.56 Å². The molecule has 5 nitrogen and oxygen atoms in total. The lowest BCUT2D eigenvalue weighted by Crippen LogP contribution is -2.11. The Bertz CT molecular complexity index is 1330. The number of hydrogen-bond donors (Lipinski definition) is 1. The maximum atomic E-state index is 12.9. The topological polar surface area (TPSA) is 64.2 Å². The number of aromatic amines is 1. The van der Waals surface area contributed by atoms with Crippen molar-refractivity contribution in [1.82, 2.24) is 9.97 Å². The normalized spacial score (nSPS) is 13.2. The second-order valence-corrected chi connectivity index (χ2v) is 9.04. The minimum Gasteiger partial charge on any atom is -0.493 e. The highest BCUT2D eigenvalue weighted by atomic mass is 35.5. The van der Waals surface area contributed by atoms with Gasteiger partial charge in [-0.25, -0.2) is 4.98 Å². The molecule has 1 aliphatic carbocycles. The molecule has 7 heteroatoms. The van der Waals surface area contributed by atoms with Crippen molar-refractivity contribution in [2.45, 2.75) is 32.3 Å². The number of nitrogens with zero attached hydrogens (tertiary/aromatic N) is 1. The Morgan fingerprint density at radius 1 is 1.13 bits per heavy atom. The third-order valence-corrected chi connectivity index (χ3v) is 7.16. The third kappa shape index (κ3) is 3.82. The number of aryl methyl sites for hydroxylation is 2. The highest BCUT2D eigenvalue weighted by Gasteiger charge is 2.20. The van der Waals surface area contributed by atoms with Gasteiger partial charge in [-0.05, 0) is 55.5 Å². The first-order chi connectivity index (χ1) is 15.1. The van der Waals surface area contributed by atoms with Gasteiger partial charge in [0.15, 0.2) is 11.5 Å². The first-order valence-electron chi connectivity index (χ1n) is 10.2. The fraction of sp³-hybridized carbons (Fsp3) is 0.250. The number of hydrogen-bond acceptors (Lipinski definition) is 5. The largest absolute Gasteiger partial charge is 0.493 e. The maximum absolute atomic E-state index is 12.9. The number of aromatic nitrogens is 2. The lowest BCUT2D eigenvalue weighted by molar-refractivity contribution is 0.284. The number of halogens is 1. The number of methoxy groups -OCH3 is 1. The van der Waals surface area contributed by atoms with Gasteiger partial charge >= 0.3 is 0 Å². The Morgan fingerprint density at radius 2 is 1.97 bits per heavy atom. The molecule has 0 atom stereocenters. The molecule has 0 amide bonds. The van der Waals surface area contributed by atoms with E-state index in [2.05, 4.69) is 4.98 Å². The van der Waals surface area contributed by atoms with E-state index in [4.69, 9.17) is 26.1 Å². The van der Waals surface area contributed by atoms with E-state index in [0.29, 0.717) is 29.0 Å². The van der Waals surface area contributed by atoms with E-state index < -0.39 is 0 Å². The summed E-state index contributed by atoms with van der Waals surface area (Å²) in [7, 11) is 1.59. The molecule has 0 radical (unpaired) electrons. The van der Waals surface area contributed by atoms with Gasteiger partial charge in [0.2, 0.25) is 0 Å². The molecular formula is C24H21ClN2O3S. The van der Waals surface area contributed by atoms with Gasteiger partial charge in [-0.2, -0.15) is 0 Å². The lowest BCUT2D eigenvalue weighted by Gasteiger charge is -2.13. The fourth-order valence-corrected chi connectivity index (χ4v) is 5.46. The molecule has 0 aliphatic heterocycles. The van der Waals surface area contributed by atoms with Crippen molar-refractivity contribution in [2.75, 3.05) is 7.11 Å². The van der Waals surface area contributed by atoms with Crippen molar-refractivity contribution in [3.8, 4) is 22.9 Å². The molecule has 158 valence electrons. The molecule has 0 spiro atoms. The van der Waals surface area contributed by atoms with E-state index in [1.807, 2.05) is 42.5 Å². The molecule has 2 aromatic carbocycles. The van der Waals surface area contributed by atoms with Gasteiger partial charge in [-0.15, -0.1) is 11.3 Å². The van der Waals surface area contributed by atoms with Crippen LogP contribution >= 0.6 is 22.9 Å². The zero-order valence-corrected chi connectivity index (χ0v) is 18.6. The quantitative estimate of drug-likeness (QED) is 0.417. The van der Waals surface area contributed by atoms with E-state index in [1.54, 1.807) is 18.4 Å². The molecule has 4 aromatic rings. The first-order valence-corrected chi connectivity index (χ1v) is 11.4. The maximum Gasteiger partial charge on any atom is 0.260 e. The molecule has 2 heterocycles. The standard InChI is InChI=1S/C24H21ClN2O3S/c1-29-19-12-14(10-11-18(19)30-13-15-6-2-4-8-17(15)25)22-26-23(28)21-16-7-3-5-9-20(16)31-24(21)27-22/h2,4,6,8,10-12H,3,5,7,9,13H2,1H3,(H,26,27,28). The van der Waals surface area contributed by atoms with Gasteiger partial charge < -0.3 is 14.5 Å². The number of thiophene rings is 1. The summed E-state index contributed by atoms with van der Waals surface area (Å²) in [5.41, 5.74) is 2.78. The van der Waals surface area contributed by atoms with Crippen LogP contribution in [0.25, 0.3) is 21.6 Å². The van der Waals surface area contributed by atoms with E-state index in [9.17, 15) is 4.79 Å². The van der Waals surface area contributed by atoms with Gasteiger partial charge in [-0.1, -0.05) is 29.8 Å². The fourth-order valence-electron chi connectivity index (χ4n) is 4.01. The Hall–Kier alpha value is -2.83. The highest BCUT2D eigenvalue weighted by Crippen LogP contribution is 2.36. The summed E-state index contributed by atoms with van der Waals surface area (Å²) >= 11 is 7.86. The Kier molecular flexibility index (Phi) is 5.42. The van der Waals surface area contributed by atoms with Gasteiger partial charge in [-0.3, -0.25) is 4.79 Å². The van der Waals surface area contributed by atoms with Crippen molar-refractivity contribution in [3.05, 3.63) is 73.8 Å². The lowest BCUT2D eigenvalue weighted by atomic mass is 9.97. The predicted molar refractivity (Wildman–Crippen MR) is 125 cm³/mol. The van der Waals surface area contributed by atoms with Crippen molar-refractivity contribution >= 4 is 33.2 Å². The van der Waals surface area contributed by atoms with Crippen LogP contribution in [0.1, 0.15) is 28.8 Å². The molecule has 5 rings (SSSR count). The third-order valence-electron chi connectivity index (χ3n) is 5.60. The van der Waals surface area contributed by atoms with Gasteiger partial charge in [0.05, 0.1) is 12.5 Å². The SMILES string of the molecule is COc1cc(-c2nc3sc4c(c3c(=O)[nH]2)CCCC4)ccc1OCc1ccccc1Cl. The predicted octanol–water partition coefficient (Wildman–Crippen LogP) is 5.77. The number of rotatable bonds is 5. The molecule has 1 N–H and O–H groups in total. The average molecular weight is 453 g/mol. The molecule has 0 bridgehead atoms. The van der Waals surface area contributed by atoms with Gasteiger partial charge in [0.25, 0.3) is 5.56 Å². The minimum absolute atomic E-state index is 0.0718. The zero-order chi connectivity index (χ0) is 21.4. The average Bonchev–Trinajstić information content (AvgIpc) is 3.17. The second kappa shape index (κ2) is 8.36. The molecule has 0 saturated heterocycles. The molecule has 0 fully saturated rings. The number of H-pyrrole nitrogens is 1. The molecule has 2 aromatic heterocycles. The number of ether oxygens (including phenoxy) is 2. The van der Waals surface area contributed by atoms with Crippen molar-refractivity contribution < 1.29 is 9.47 Å². The number of benzene rings is 2. The van der Waals surface area contributed by atoms with Crippen molar-refractivity contribution in [1.29, 1.82) is 0 Å². The summed E-state index contributed by atoms with van der Waals surface area (Å²) in [5.74, 6) is 1.70. The number of nitrogens with one attached hydrogen (secondary N) is 1. The Morgan fingerprint density at radius 3 is 2.81 bits per heavy atom. The van der Waals surface area contributed by atoms with Crippen LogP contribution in [-0.4, -0.2) is 17.1 Å². The van der Waals surface area contributed by atoms with E-state index >= 15 is 0 Å². The molecule has 1 aliphatic rings. The Balaban J connectivity index is 1.47. The van der Waals surface area contributed by atoms with Crippen molar-refractivity contribution in [3.63, 3.8) is 0 Å². The van der Waals surface area contributed by atoms with Crippen LogP contribution in [0.3, 0.4) is 0 Å². The van der Waals surface area contributed by atoms with Crippen LogP contribution in [0.15, 0.2) is 47.3 Å². The van der Waals surface area contributed by atoms with Crippen LogP contribution in [0.4, 0.5) is 0 Å². The summed E-state index contributed by atoms with van der Waals surface area (Å²) in [5, 5.41) is 1.42. The highest BCUT2D eigenvalue weighted by molar-refractivity contribution is 7.18. The van der Waals surface area contributed by atoms with Gasteiger partial charge in [0, 0.05) is 21.0 Å². The summed E-state index contributed by atoms with van der Waals surface area (Å²) in [4.78, 5) is 22.7. The number of fused-ring (bicyclic) bond motifs is 3. The van der Waals surface area contributed by atoms with Crippen LogP contribution in [-0.2, 0) is 19.4 Å². The smallest absolute Gasteiger partial charge is 0.260 e. The first kappa shape index (κ1) is 20.1. The molecule has 0 unspecified atom stereocenters. The van der Waals surface area contributed by atoms with Crippen molar-refractivity contribution in [2.24, 2.45) is 0 Å². The molecular weight excluding hydrogens is 432 g/mol. The van der Waals surface area contributed by atoms with Crippen LogP contribution in [0.5, 0.6) is 11.5 Å². The zero-order valence-electron chi connectivity index (χ0n) is 17.0. The van der Waals surface area contributed by atoms with E-state index in [0.717, 1.165) is 40.6 Å². The summed E-state index contributed by atoms with van der Waals surface area (Å²) in [6.45, 7) is 0.331. The second-order valence-electron chi connectivity index (χ2n) is 7.55. The monoisotopic (exact) mass is 452 g/mol. The van der Waals surface area contributed by atoms with Crippen LogP contribution < -0.4 is 15.0 Å². The molecule has 0 saturated carbocycles. The van der Waals surface area contributed by atoms with Crippen LogP contribution in [0, 0.1) is 0 Å². The summed E-state index contributed by atoms with van der Waals surface area (Å²) < 4.78 is 11.5. The summed E-state index contributed by atoms with van der Waals surface area (Å²) in [6.07, 6.45) is 4.31. The Labute approximate surface area is 188 Å². The van der Waals surface area contributed by atoms with E-state index in [1.165, 1.54) is 16.9 Å². The van der Waals surface area contributed by atoms with Crippen LogP contribution in [0.2, 0.25) is 5.02 Å².